The number of carbonyl (C=O) groups excluding carboxylic acids is 1. The van der Waals surface area contributed by atoms with Gasteiger partial charge in [0.1, 0.15) is 0 Å². The fraction of sp³-hybridized carbons (Fsp3) is 0.400. The third-order valence-electron chi connectivity index (χ3n) is 5.03. The highest BCUT2D eigenvalue weighted by atomic mass is 32.1. The van der Waals surface area contributed by atoms with E-state index in [9.17, 15) is 4.79 Å². The Balaban J connectivity index is 1.33. The van der Waals surface area contributed by atoms with Gasteiger partial charge in [-0.2, -0.15) is 16.4 Å². The maximum atomic E-state index is 12.8. The molecule has 5 nitrogen and oxygen atoms in total. The Bertz CT molecular complexity index is 777. The summed E-state index contributed by atoms with van der Waals surface area (Å²) in [5.41, 5.74) is 4.34. The molecule has 0 aliphatic carbocycles. The summed E-state index contributed by atoms with van der Waals surface area (Å²) in [5, 5.41) is 10.8. The van der Waals surface area contributed by atoms with Gasteiger partial charge in [0.25, 0.3) is 5.91 Å². The molecule has 26 heavy (non-hydrogen) atoms. The van der Waals surface area contributed by atoms with Crippen LogP contribution in [0.2, 0.25) is 0 Å². The van der Waals surface area contributed by atoms with Crippen LogP contribution in [-0.2, 0) is 6.54 Å². The maximum absolute atomic E-state index is 12.8. The van der Waals surface area contributed by atoms with Gasteiger partial charge in [0.15, 0.2) is 0 Å². The van der Waals surface area contributed by atoms with E-state index >= 15 is 0 Å². The first-order valence-electron chi connectivity index (χ1n) is 9.13. The second kappa shape index (κ2) is 7.60. The summed E-state index contributed by atoms with van der Waals surface area (Å²) in [6.07, 6.45) is 1.01. The van der Waals surface area contributed by atoms with Crippen molar-refractivity contribution in [3.05, 3.63) is 52.2 Å². The monoisotopic (exact) mass is 368 g/mol. The smallest absolute Gasteiger partial charge is 0.253 e. The minimum absolute atomic E-state index is 0.132. The largest absolute Gasteiger partial charge is 0.336 e. The zero-order valence-electron chi connectivity index (χ0n) is 15.1. The van der Waals surface area contributed by atoms with E-state index in [1.807, 2.05) is 34.2 Å². The van der Waals surface area contributed by atoms with Crippen molar-refractivity contribution in [3.63, 3.8) is 0 Å². The zero-order chi connectivity index (χ0) is 17.9. The quantitative estimate of drug-likeness (QED) is 0.831. The molecule has 136 valence electrons. The molecule has 1 fully saturated rings. The highest BCUT2D eigenvalue weighted by Gasteiger charge is 2.22. The van der Waals surface area contributed by atoms with E-state index in [-0.39, 0.29) is 5.91 Å². The molecule has 0 atom stereocenters. The first kappa shape index (κ1) is 17.2. The van der Waals surface area contributed by atoms with E-state index in [0.29, 0.717) is 0 Å². The van der Waals surface area contributed by atoms with Crippen molar-refractivity contribution in [2.75, 3.05) is 37.7 Å². The number of piperazine rings is 1. The summed E-state index contributed by atoms with van der Waals surface area (Å²) in [7, 11) is 0. The van der Waals surface area contributed by atoms with Gasteiger partial charge in [0.05, 0.1) is 5.69 Å². The number of benzene rings is 1. The van der Waals surface area contributed by atoms with Gasteiger partial charge >= 0.3 is 0 Å². The molecule has 0 N–H and O–H groups in total. The number of hydrogen-bond donors (Lipinski definition) is 0. The number of carbonyl (C=O) groups is 1. The summed E-state index contributed by atoms with van der Waals surface area (Å²) in [4.78, 5) is 17.2. The van der Waals surface area contributed by atoms with E-state index in [0.717, 1.165) is 62.7 Å². The number of anilines is 1. The third-order valence-corrected chi connectivity index (χ3v) is 5.77. The maximum Gasteiger partial charge on any atom is 0.253 e. The summed E-state index contributed by atoms with van der Waals surface area (Å²) in [6, 6.07) is 10.0. The lowest BCUT2D eigenvalue weighted by molar-refractivity contribution is 0.0628. The number of thiophene rings is 1. The predicted octanol–water partition coefficient (Wildman–Crippen LogP) is 3.29. The van der Waals surface area contributed by atoms with Gasteiger partial charge in [-0.15, -0.1) is 0 Å². The van der Waals surface area contributed by atoms with E-state index in [2.05, 4.69) is 33.8 Å². The van der Waals surface area contributed by atoms with Gasteiger partial charge in [-0.05, 0) is 53.6 Å². The number of hydrazone groups is 1. The lowest BCUT2D eigenvalue weighted by Crippen LogP contribution is -2.48. The second-order valence-electron chi connectivity index (χ2n) is 6.96. The molecular weight excluding hydrogens is 344 g/mol. The van der Waals surface area contributed by atoms with Gasteiger partial charge in [0, 0.05) is 57.0 Å². The molecule has 0 unspecified atom stereocenters. The molecule has 0 radical (unpaired) electrons. The van der Waals surface area contributed by atoms with Crippen LogP contribution in [0, 0.1) is 0 Å². The van der Waals surface area contributed by atoms with Gasteiger partial charge in [-0.25, -0.2) is 0 Å². The van der Waals surface area contributed by atoms with E-state index in [1.54, 1.807) is 11.3 Å². The van der Waals surface area contributed by atoms with Crippen LogP contribution in [0.25, 0.3) is 0 Å². The van der Waals surface area contributed by atoms with Crippen molar-refractivity contribution < 1.29 is 4.79 Å². The summed E-state index contributed by atoms with van der Waals surface area (Å²) >= 11 is 1.74. The van der Waals surface area contributed by atoms with Crippen molar-refractivity contribution in [3.8, 4) is 0 Å². The van der Waals surface area contributed by atoms with E-state index in [1.165, 1.54) is 5.56 Å². The number of hydrogen-bond acceptors (Lipinski definition) is 5. The lowest BCUT2D eigenvalue weighted by atomic mass is 10.1. The van der Waals surface area contributed by atoms with Crippen LogP contribution in [0.15, 0.2) is 46.2 Å². The molecule has 4 rings (SSSR count). The normalized spacial score (nSPS) is 18.3. The van der Waals surface area contributed by atoms with Crippen LogP contribution in [-0.4, -0.2) is 54.1 Å². The van der Waals surface area contributed by atoms with Crippen LogP contribution in [0.4, 0.5) is 5.69 Å². The summed E-state index contributed by atoms with van der Waals surface area (Å²) < 4.78 is 0. The van der Waals surface area contributed by atoms with Gasteiger partial charge < -0.3 is 4.90 Å². The first-order valence-corrected chi connectivity index (χ1v) is 10.1. The molecular formula is C20H24N4OS. The molecule has 0 spiro atoms. The van der Waals surface area contributed by atoms with Gasteiger partial charge in [-0.1, -0.05) is 0 Å². The number of rotatable bonds is 4. The molecule has 6 heteroatoms. The van der Waals surface area contributed by atoms with Crippen molar-refractivity contribution >= 4 is 28.6 Å². The Kier molecular flexibility index (Phi) is 5.04. The Labute approximate surface area is 158 Å². The van der Waals surface area contributed by atoms with Crippen molar-refractivity contribution in [2.45, 2.75) is 19.9 Å². The van der Waals surface area contributed by atoms with Crippen molar-refractivity contribution in [1.82, 2.24) is 9.80 Å². The molecule has 2 aromatic rings. The summed E-state index contributed by atoms with van der Waals surface area (Å²) in [5.74, 6) is 0.132. The number of amides is 1. The third kappa shape index (κ3) is 3.81. The van der Waals surface area contributed by atoms with Gasteiger partial charge in [-0.3, -0.25) is 14.7 Å². The lowest BCUT2D eigenvalue weighted by Gasteiger charge is -2.34. The molecule has 0 bridgehead atoms. The van der Waals surface area contributed by atoms with Crippen LogP contribution in [0.5, 0.6) is 0 Å². The highest BCUT2D eigenvalue weighted by molar-refractivity contribution is 7.07. The van der Waals surface area contributed by atoms with Crippen LogP contribution < -0.4 is 5.01 Å². The molecule has 0 saturated carbocycles. The molecule has 1 amide bonds. The molecule has 1 saturated heterocycles. The average molecular weight is 369 g/mol. The first-order chi connectivity index (χ1) is 12.7. The second-order valence-corrected chi connectivity index (χ2v) is 7.74. The Hall–Kier alpha value is -2.18. The Morgan fingerprint density at radius 2 is 1.85 bits per heavy atom. The highest BCUT2D eigenvalue weighted by Crippen LogP contribution is 2.21. The van der Waals surface area contributed by atoms with Crippen molar-refractivity contribution in [2.24, 2.45) is 5.10 Å². The Morgan fingerprint density at radius 3 is 2.46 bits per heavy atom. The SMILES string of the molecule is CC1=NN(c2ccc(C(=O)N3CCN(Cc4ccsc4)CC3)cc2)CC1. The molecule has 1 aromatic heterocycles. The minimum atomic E-state index is 0.132. The molecule has 2 aliphatic heterocycles. The molecule has 2 aliphatic rings. The fourth-order valence-electron chi connectivity index (χ4n) is 3.47. The molecule has 3 heterocycles. The topological polar surface area (TPSA) is 39.2 Å². The van der Waals surface area contributed by atoms with Crippen LogP contribution in [0.3, 0.4) is 0 Å². The standard InChI is InChI=1S/C20H24N4OS/c1-16-6-8-24(21-16)19-4-2-18(3-5-19)20(25)23-11-9-22(10-12-23)14-17-7-13-26-15-17/h2-5,7,13,15H,6,8-12,14H2,1H3. The minimum Gasteiger partial charge on any atom is -0.336 e. The van der Waals surface area contributed by atoms with Gasteiger partial charge in [0.2, 0.25) is 0 Å². The zero-order valence-corrected chi connectivity index (χ0v) is 15.9. The average Bonchev–Trinajstić information content (AvgIpc) is 3.34. The van der Waals surface area contributed by atoms with E-state index < -0.39 is 0 Å². The summed E-state index contributed by atoms with van der Waals surface area (Å²) in [6.45, 7) is 7.40. The van der Waals surface area contributed by atoms with E-state index in [4.69, 9.17) is 0 Å². The molecule has 1 aromatic carbocycles. The Morgan fingerprint density at radius 1 is 1.08 bits per heavy atom. The van der Waals surface area contributed by atoms with Crippen LogP contribution >= 0.6 is 11.3 Å². The predicted molar refractivity (Wildman–Crippen MR) is 107 cm³/mol. The van der Waals surface area contributed by atoms with Crippen LogP contribution in [0.1, 0.15) is 29.3 Å². The number of nitrogens with zero attached hydrogens (tertiary/aromatic N) is 4. The fourth-order valence-corrected chi connectivity index (χ4v) is 4.13. The van der Waals surface area contributed by atoms with Crippen molar-refractivity contribution in [1.29, 1.82) is 0 Å².